The van der Waals surface area contributed by atoms with Crippen LogP contribution in [-0.2, 0) is 0 Å². The van der Waals surface area contributed by atoms with Gasteiger partial charge in [0.05, 0.1) is 62.3 Å². The van der Waals surface area contributed by atoms with Crippen LogP contribution in [0.25, 0.3) is 90.9 Å². The van der Waals surface area contributed by atoms with Crippen LogP contribution in [0.5, 0.6) is 23.0 Å². The molecule has 0 amide bonds. The molecule has 5 heterocycles. The summed E-state index contributed by atoms with van der Waals surface area (Å²) < 4.78 is 27.7. The molecule has 0 atom stereocenters. The first-order chi connectivity index (χ1) is 29.2. The molecule has 298 valence electrons. The Morgan fingerprint density at radius 2 is 0.583 bits per heavy atom. The molecule has 8 nitrogen and oxygen atoms in total. The number of fused-ring (bicyclic) bond motifs is 8. The van der Waals surface area contributed by atoms with Gasteiger partial charge in [0.1, 0.15) is 23.0 Å². The summed E-state index contributed by atoms with van der Waals surface area (Å²) in [5, 5.41) is 0. The zero-order chi connectivity index (χ0) is 41.7. The molecular weight excluding hydrogens is 1020 g/mol. The summed E-state index contributed by atoms with van der Waals surface area (Å²) in [7, 11) is 6.66. The minimum atomic E-state index is 0.640. The minimum Gasteiger partial charge on any atom is -0.496 e. The molecule has 2 aliphatic heterocycles. The number of hydrogen-bond donors (Lipinski definition) is 2. The van der Waals surface area contributed by atoms with Crippen LogP contribution in [-0.4, -0.2) is 48.4 Å². The Morgan fingerprint density at radius 1 is 0.333 bits per heavy atom. The average molecular weight is 1050 g/mol. The number of halogens is 4. The van der Waals surface area contributed by atoms with Crippen LogP contribution in [0.2, 0.25) is 0 Å². The summed E-state index contributed by atoms with van der Waals surface area (Å²) in [6, 6.07) is 32.0. The van der Waals surface area contributed by atoms with E-state index in [0.29, 0.717) is 34.4 Å². The number of ether oxygens (including phenoxy) is 4. The van der Waals surface area contributed by atoms with E-state index in [9.17, 15) is 0 Å². The molecule has 0 aliphatic carbocycles. The third kappa shape index (κ3) is 6.89. The van der Waals surface area contributed by atoms with E-state index < -0.39 is 0 Å². The number of nitrogens with one attached hydrogen (secondary N) is 2. The van der Waals surface area contributed by atoms with Crippen LogP contribution in [0.1, 0.15) is 22.8 Å². The summed E-state index contributed by atoms with van der Waals surface area (Å²) in [6.45, 7) is 0. The molecule has 0 unspecified atom stereocenters. The van der Waals surface area contributed by atoms with E-state index in [4.69, 9.17) is 28.9 Å². The van der Waals surface area contributed by atoms with Gasteiger partial charge in [-0.05, 0) is 97.1 Å². The molecule has 3 aromatic heterocycles. The number of H-pyrrole nitrogens is 2. The smallest absolute Gasteiger partial charge is 0.130 e. The molecule has 0 saturated carbocycles. The molecular formula is C48H34Br4N4O4. The van der Waals surface area contributed by atoms with Crippen molar-refractivity contribution < 1.29 is 18.9 Å². The number of aromatic amines is 2. The fourth-order valence-corrected chi connectivity index (χ4v) is 10.7. The number of methoxy groups -OCH3 is 4. The third-order valence-corrected chi connectivity index (χ3v) is 13.2. The maximum absolute atomic E-state index is 6.03. The third-order valence-electron chi connectivity index (χ3n) is 10.5. The van der Waals surface area contributed by atoms with Gasteiger partial charge in [0.25, 0.3) is 0 Å². The number of hydrogen-bond acceptors (Lipinski definition) is 6. The highest BCUT2D eigenvalue weighted by atomic mass is 79.9. The monoisotopic (exact) mass is 1050 g/mol. The summed E-state index contributed by atoms with van der Waals surface area (Å²) in [5.41, 5.74) is 12.9. The van der Waals surface area contributed by atoms with Gasteiger partial charge in [-0.1, -0.05) is 88.0 Å². The first-order valence-corrected chi connectivity index (χ1v) is 21.9. The van der Waals surface area contributed by atoms with Crippen molar-refractivity contribution in [1.29, 1.82) is 0 Å². The predicted molar refractivity (Wildman–Crippen MR) is 258 cm³/mol. The maximum Gasteiger partial charge on any atom is 0.130 e. The first-order valence-electron chi connectivity index (χ1n) is 18.7. The van der Waals surface area contributed by atoms with Crippen molar-refractivity contribution >= 4 is 110 Å². The van der Waals surface area contributed by atoms with Crippen molar-refractivity contribution in [3.63, 3.8) is 0 Å². The number of rotatable bonds is 8. The lowest BCUT2D eigenvalue weighted by Gasteiger charge is -2.15. The molecule has 2 N–H and O–H groups in total. The molecule has 0 radical (unpaired) electrons. The van der Waals surface area contributed by atoms with Gasteiger partial charge in [-0.25, -0.2) is 9.97 Å². The quantitative estimate of drug-likeness (QED) is 0.157. The normalized spacial score (nSPS) is 11.9. The van der Waals surface area contributed by atoms with Gasteiger partial charge < -0.3 is 28.9 Å². The van der Waals surface area contributed by atoms with E-state index >= 15 is 0 Å². The molecule has 4 aromatic carbocycles. The van der Waals surface area contributed by atoms with Crippen LogP contribution in [0, 0.1) is 0 Å². The molecule has 0 saturated heterocycles. The van der Waals surface area contributed by atoms with Crippen LogP contribution < -0.4 is 18.9 Å². The first kappa shape index (κ1) is 40.0. The van der Waals surface area contributed by atoms with Gasteiger partial charge in [-0.2, -0.15) is 0 Å². The van der Waals surface area contributed by atoms with Crippen LogP contribution in [0.15, 0.2) is 115 Å². The summed E-state index contributed by atoms with van der Waals surface area (Å²) in [4.78, 5) is 18.5. The van der Waals surface area contributed by atoms with E-state index in [1.807, 2.05) is 84.9 Å². The zero-order valence-corrected chi connectivity index (χ0v) is 38.9. The minimum absolute atomic E-state index is 0.640. The highest BCUT2D eigenvalue weighted by Crippen LogP contribution is 2.48. The Balaban J connectivity index is 1.55. The van der Waals surface area contributed by atoms with Crippen LogP contribution in [0.4, 0.5) is 0 Å². The molecule has 9 rings (SSSR count). The fraction of sp³-hybridized carbons (Fsp3) is 0.0833. The molecule has 7 aromatic rings. The van der Waals surface area contributed by atoms with Crippen molar-refractivity contribution in [2.45, 2.75) is 0 Å². The standard InChI is InChI=1S/C48H34Br4N4O4/c1-57-37-13-7-14-38(58-2)47(37)45-33-21-17-29(53-33)43(41-25(49)9-5-10-26(41)50)31-19-23-35(55-31)46(48-39(59-3)15-8-16-40(48)60-4)36-24-20-32(56-36)44(30-18-22-34(45)54-30)42-27(51)11-6-12-28(42)52/h5-24,53,56H,1-4H3. The molecule has 60 heavy (non-hydrogen) atoms. The second kappa shape index (κ2) is 16.6. The molecule has 8 bridgehead atoms. The van der Waals surface area contributed by atoms with E-state index in [-0.39, 0.29) is 0 Å². The lowest BCUT2D eigenvalue weighted by Crippen LogP contribution is -1.96. The molecule has 0 fully saturated rings. The van der Waals surface area contributed by atoms with Gasteiger partial charge in [0, 0.05) is 73.3 Å². The van der Waals surface area contributed by atoms with Gasteiger partial charge in [-0.3, -0.25) is 0 Å². The summed E-state index contributed by atoms with van der Waals surface area (Å²) in [5.74, 6) is 2.56. The highest BCUT2D eigenvalue weighted by Gasteiger charge is 2.25. The molecule has 2 aliphatic rings. The Kier molecular flexibility index (Phi) is 11.1. The SMILES string of the molecule is COc1cccc(OC)c1-c1c2nc(c(-c3c(Br)cccc3Br)c3ccc([nH]3)c(-c3c(OC)cccc3OC)c3nc(c(-c4c(Br)cccc4Br)c4ccc1[nH]4)C=C3)C=C2. The Labute approximate surface area is 379 Å². The van der Waals surface area contributed by atoms with Gasteiger partial charge in [0.15, 0.2) is 0 Å². The second-order valence-corrected chi connectivity index (χ2v) is 17.2. The van der Waals surface area contributed by atoms with E-state index in [0.717, 1.165) is 95.9 Å². The Hall–Kier alpha value is -5.40. The van der Waals surface area contributed by atoms with Crippen molar-refractivity contribution in [3.05, 3.63) is 138 Å². The molecule has 0 spiro atoms. The van der Waals surface area contributed by atoms with E-state index in [2.05, 4.69) is 110 Å². The average Bonchev–Trinajstić information content (AvgIpc) is 4.10. The fourth-order valence-electron chi connectivity index (χ4n) is 7.93. The lowest BCUT2D eigenvalue weighted by atomic mass is 10.0. The maximum atomic E-state index is 6.03. The number of aromatic nitrogens is 4. The van der Waals surface area contributed by atoms with E-state index in [1.54, 1.807) is 28.4 Å². The van der Waals surface area contributed by atoms with Crippen LogP contribution in [0.3, 0.4) is 0 Å². The summed E-state index contributed by atoms with van der Waals surface area (Å²) >= 11 is 15.5. The number of benzene rings is 4. The van der Waals surface area contributed by atoms with E-state index in [1.165, 1.54) is 0 Å². The lowest BCUT2D eigenvalue weighted by molar-refractivity contribution is 0.397. The highest BCUT2D eigenvalue weighted by molar-refractivity contribution is 9.11. The summed E-state index contributed by atoms with van der Waals surface area (Å²) in [6.07, 6.45) is 8.19. The van der Waals surface area contributed by atoms with Gasteiger partial charge >= 0.3 is 0 Å². The zero-order valence-electron chi connectivity index (χ0n) is 32.6. The van der Waals surface area contributed by atoms with Crippen molar-refractivity contribution in [1.82, 2.24) is 19.9 Å². The van der Waals surface area contributed by atoms with Crippen molar-refractivity contribution in [2.24, 2.45) is 0 Å². The Bertz CT molecular complexity index is 2820. The topological polar surface area (TPSA) is 94.3 Å². The molecule has 12 heteroatoms. The largest absolute Gasteiger partial charge is 0.496 e. The van der Waals surface area contributed by atoms with Gasteiger partial charge in [0.2, 0.25) is 0 Å². The second-order valence-electron chi connectivity index (χ2n) is 13.8. The van der Waals surface area contributed by atoms with Crippen molar-refractivity contribution in [3.8, 4) is 67.5 Å². The predicted octanol–water partition coefficient (Wildman–Crippen LogP) is 14.4. The Morgan fingerprint density at radius 3 is 0.850 bits per heavy atom. The number of nitrogens with zero attached hydrogens (tertiary/aromatic N) is 2. The van der Waals surface area contributed by atoms with Gasteiger partial charge in [-0.15, -0.1) is 0 Å². The van der Waals surface area contributed by atoms with Crippen LogP contribution >= 0.6 is 63.7 Å². The van der Waals surface area contributed by atoms with Crippen molar-refractivity contribution in [2.75, 3.05) is 28.4 Å².